The Morgan fingerprint density at radius 1 is 1.08 bits per heavy atom. The van der Waals surface area contributed by atoms with Crippen LogP contribution < -0.4 is 10.3 Å². The summed E-state index contributed by atoms with van der Waals surface area (Å²) in [6.07, 6.45) is 0. The molecule has 0 unspecified atom stereocenters. The Labute approximate surface area is 141 Å². The summed E-state index contributed by atoms with van der Waals surface area (Å²) in [6.45, 7) is 1.66. The summed E-state index contributed by atoms with van der Waals surface area (Å²) in [5.41, 5.74) is 3.01. The van der Waals surface area contributed by atoms with E-state index in [2.05, 4.69) is 0 Å². The number of hydrogen-bond acceptors (Lipinski definition) is 4. The van der Waals surface area contributed by atoms with Gasteiger partial charge < -0.3 is 4.42 Å². The standard InChI is InChI=1S/C16H12F2N2O4S/c1-9-11-4-2-3-5-14(11)24-15(9)16(21)19-20-25(22,23)10-6-7-12(17)13(18)8-10/h2-8,20H,1H3,(H,19,21). The molecule has 0 saturated carbocycles. The quantitative estimate of drug-likeness (QED) is 0.695. The van der Waals surface area contributed by atoms with Crippen LogP contribution in [0.15, 0.2) is 51.8 Å². The predicted molar refractivity (Wildman–Crippen MR) is 85.1 cm³/mol. The average Bonchev–Trinajstić information content (AvgIpc) is 2.92. The zero-order valence-corrected chi connectivity index (χ0v) is 13.7. The number of benzene rings is 2. The van der Waals surface area contributed by atoms with Crippen LogP contribution in [0.25, 0.3) is 11.0 Å². The average molecular weight is 366 g/mol. The van der Waals surface area contributed by atoms with Crippen molar-refractivity contribution in [3.63, 3.8) is 0 Å². The Balaban J connectivity index is 1.81. The van der Waals surface area contributed by atoms with Gasteiger partial charge >= 0.3 is 5.91 Å². The van der Waals surface area contributed by atoms with Crippen molar-refractivity contribution in [3.05, 3.63) is 65.4 Å². The fraction of sp³-hybridized carbons (Fsp3) is 0.0625. The largest absolute Gasteiger partial charge is 0.451 e. The summed E-state index contributed by atoms with van der Waals surface area (Å²) in [5, 5.41) is 0.719. The van der Waals surface area contributed by atoms with Crippen molar-refractivity contribution < 1.29 is 26.4 Å². The van der Waals surface area contributed by atoms with Crippen LogP contribution in [0, 0.1) is 18.6 Å². The normalized spacial score (nSPS) is 11.6. The Morgan fingerprint density at radius 3 is 2.48 bits per heavy atom. The van der Waals surface area contributed by atoms with Crippen LogP contribution in [-0.4, -0.2) is 14.3 Å². The maximum Gasteiger partial charge on any atom is 0.302 e. The molecule has 0 bridgehead atoms. The Hall–Kier alpha value is -2.78. The summed E-state index contributed by atoms with van der Waals surface area (Å²) in [4.78, 5) is 13.4. The van der Waals surface area contributed by atoms with Crippen molar-refractivity contribution in [1.82, 2.24) is 10.3 Å². The molecule has 130 valence electrons. The summed E-state index contributed by atoms with van der Waals surface area (Å²) >= 11 is 0. The van der Waals surface area contributed by atoms with Crippen molar-refractivity contribution in [2.75, 3.05) is 0 Å². The third-order valence-corrected chi connectivity index (χ3v) is 4.80. The smallest absolute Gasteiger partial charge is 0.302 e. The van der Waals surface area contributed by atoms with Crippen molar-refractivity contribution in [1.29, 1.82) is 0 Å². The van der Waals surface area contributed by atoms with E-state index in [4.69, 9.17) is 4.42 Å². The number of hydrazine groups is 1. The first-order valence-corrected chi connectivity index (χ1v) is 8.53. The molecule has 1 amide bonds. The molecule has 0 atom stereocenters. The van der Waals surface area contributed by atoms with Crippen LogP contribution in [0.2, 0.25) is 0 Å². The van der Waals surface area contributed by atoms with Gasteiger partial charge in [0.2, 0.25) is 0 Å². The molecular weight excluding hydrogens is 354 g/mol. The molecule has 6 nitrogen and oxygen atoms in total. The van der Waals surface area contributed by atoms with Crippen molar-refractivity contribution in [3.8, 4) is 0 Å². The van der Waals surface area contributed by atoms with Crippen LogP contribution in [0.4, 0.5) is 8.78 Å². The molecule has 0 fully saturated rings. The molecule has 0 aliphatic heterocycles. The third kappa shape index (κ3) is 3.24. The Morgan fingerprint density at radius 2 is 1.80 bits per heavy atom. The molecule has 3 aromatic rings. The fourth-order valence-corrected chi connectivity index (χ4v) is 3.11. The zero-order chi connectivity index (χ0) is 18.2. The summed E-state index contributed by atoms with van der Waals surface area (Å²) in [6, 6.07) is 9.00. The molecule has 0 saturated heterocycles. The molecule has 25 heavy (non-hydrogen) atoms. The minimum atomic E-state index is -4.28. The number of rotatable bonds is 4. The number of halogens is 2. The van der Waals surface area contributed by atoms with Crippen LogP contribution in [0.3, 0.4) is 0 Å². The van der Waals surface area contributed by atoms with Gasteiger partial charge in [-0.2, -0.15) is 0 Å². The highest BCUT2D eigenvalue weighted by atomic mass is 32.2. The molecule has 0 aliphatic rings. The highest BCUT2D eigenvalue weighted by Crippen LogP contribution is 2.24. The molecule has 3 rings (SSSR count). The summed E-state index contributed by atoms with van der Waals surface area (Å²) in [5.74, 6) is -3.38. The maximum absolute atomic E-state index is 13.2. The molecule has 1 heterocycles. The van der Waals surface area contributed by atoms with E-state index in [-0.39, 0.29) is 5.76 Å². The number of amides is 1. The molecule has 2 aromatic carbocycles. The topological polar surface area (TPSA) is 88.4 Å². The third-order valence-electron chi connectivity index (χ3n) is 3.55. The van der Waals surface area contributed by atoms with Gasteiger partial charge in [-0.25, -0.2) is 17.2 Å². The molecule has 0 spiro atoms. The van der Waals surface area contributed by atoms with Gasteiger partial charge in [0.15, 0.2) is 17.4 Å². The van der Waals surface area contributed by atoms with Crippen molar-refractivity contribution >= 4 is 26.9 Å². The first-order chi connectivity index (χ1) is 11.8. The van der Waals surface area contributed by atoms with E-state index in [9.17, 15) is 22.0 Å². The second-order valence-corrected chi connectivity index (χ2v) is 6.87. The van der Waals surface area contributed by atoms with Crippen LogP contribution in [0.5, 0.6) is 0 Å². The van der Waals surface area contributed by atoms with Gasteiger partial charge in [-0.3, -0.25) is 10.2 Å². The number of sulfonamides is 1. The number of fused-ring (bicyclic) bond motifs is 1. The highest BCUT2D eigenvalue weighted by molar-refractivity contribution is 7.89. The lowest BCUT2D eigenvalue weighted by Gasteiger charge is -2.08. The minimum Gasteiger partial charge on any atom is -0.451 e. The van der Waals surface area contributed by atoms with E-state index in [1.807, 2.05) is 10.3 Å². The second-order valence-electron chi connectivity index (χ2n) is 5.19. The van der Waals surface area contributed by atoms with E-state index >= 15 is 0 Å². The van der Waals surface area contributed by atoms with Gasteiger partial charge in [-0.15, -0.1) is 4.83 Å². The highest BCUT2D eigenvalue weighted by Gasteiger charge is 2.21. The Bertz CT molecular complexity index is 1080. The molecule has 1 aromatic heterocycles. The van der Waals surface area contributed by atoms with Crippen molar-refractivity contribution in [2.45, 2.75) is 11.8 Å². The molecular formula is C16H12F2N2O4S. The number of furan rings is 1. The monoisotopic (exact) mass is 366 g/mol. The van der Waals surface area contributed by atoms with E-state index in [1.165, 1.54) is 0 Å². The number of aryl methyl sites for hydroxylation is 1. The van der Waals surface area contributed by atoms with Gasteiger partial charge in [0.25, 0.3) is 10.0 Å². The maximum atomic E-state index is 13.2. The zero-order valence-electron chi connectivity index (χ0n) is 12.8. The van der Waals surface area contributed by atoms with Gasteiger partial charge in [-0.05, 0) is 31.2 Å². The molecule has 0 aliphatic carbocycles. The summed E-state index contributed by atoms with van der Waals surface area (Å²) in [7, 11) is -4.28. The number of nitrogens with one attached hydrogen (secondary N) is 2. The van der Waals surface area contributed by atoms with Gasteiger partial charge in [0.1, 0.15) is 5.58 Å². The second kappa shape index (κ2) is 6.26. The summed E-state index contributed by atoms with van der Waals surface area (Å²) < 4.78 is 55.6. The first-order valence-electron chi connectivity index (χ1n) is 7.05. The lowest BCUT2D eigenvalue weighted by molar-refractivity contribution is 0.0918. The Kier molecular flexibility index (Phi) is 4.27. The number of hydrogen-bond donors (Lipinski definition) is 2. The van der Waals surface area contributed by atoms with Gasteiger partial charge in [0, 0.05) is 10.9 Å². The fourth-order valence-electron chi connectivity index (χ4n) is 2.26. The van der Waals surface area contributed by atoms with Gasteiger partial charge in [-0.1, -0.05) is 18.2 Å². The van der Waals surface area contributed by atoms with E-state index in [0.717, 1.165) is 11.5 Å². The first kappa shape index (κ1) is 17.1. The minimum absolute atomic E-state index is 0.0609. The van der Waals surface area contributed by atoms with E-state index in [1.54, 1.807) is 31.2 Å². The predicted octanol–water partition coefficient (Wildman–Crippen LogP) is 2.64. The molecule has 0 radical (unpaired) electrons. The van der Waals surface area contributed by atoms with E-state index < -0.39 is 32.5 Å². The SMILES string of the molecule is Cc1c(C(=O)NNS(=O)(=O)c2ccc(F)c(F)c2)oc2ccccc12. The molecule has 2 N–H and O–H groups in total. The number of carbonyl (C=O) groups is 1. The lowest BCUT2D eigenvalue weighted by atomic mass is 10.1. The van der Waals surface area contributed by atoms with Crippen LogP contribution in [-0.2, 0) is 10.0 Å². The lowest BCUT2D eigenvalue weighted by Crippen LogP contribution is -2.41. The van der Waals surface area contributed by atoms with Crippen molar-refractivity contribution in [2.24, 2.45) is 0 Å². The van der Waals surface area contributed by atoms with Crippen LogP contribution >= 0.6 is 0 Å². The van der Waals surface area contributed by atoms with E-state index in [0.29, 0.717) is 23.3 Å². The number of para-hydroxylation sites is 1. The van der Waals surface area contributed by atoms with Gasteiger partial charge in [0.05, 0.1) is 4.90 Å². The van der Waals surface area contributed by atoms with Crippen LogP contribution in [0.1, 0.15) is 16.1 Å². The number of carbonyl (C=O) groups excluding carboxylic acids is 1. The molecule has 9 heteroatoms.